The number of nitrogens with zero attached hydrogens (tertiary/aromatic N) is 2. The quantitative estimate of drug-likeness (QED) is 0.905. The lowest BCUT2D eigenvalue weighted by Crippen LogP contribution is -2.40. The molecular formula is C17H21ClN4O. The van der Waals surface area contributed by atoms with Crippen LogP contribution in [0.1, 0.15) is 23.2 Å². The van der Waals surface area contributed by atoms with Gasteiger partial charge in [0.15, 0.2) is 0 Å². The lowest BCUT2D eigenvalue weighted by Gasteiger charge is -2.32. The van der Waals surface area contributed by atoms with Crippen molar-refractivity contribution in [2.24, 2.45) is 5.92 Å². The van der Waals surface area contributed by atoms with Crippen molar-refractivity contribution in [2.75, 3.05) is 26.7 Å². The minimum Gasteiger partial charge on any atom is -0.339 e. The van der Waals surface area contributed by atoms with Gasteiger partial charge in [0.2, 0.25) is 0 Å². The smallest absolute Gasteiger partial charge is 0.257 e. The zero-order valence-electron chi connectivity index (χ0n) is 13.2. The van der Waals surface area contributed by atoms with Crippen molar-refractivity contribution in [1.82, 2.24) is 20.4 Å². The first-order valence-corrected chi connectivity index (χ1v) is 8.30. The summed E-state index contributed by atoms with van der Waals surface area (Å²) in [6.07, 6.45) is 3.67. The maximum atomic E-state index is 12.8. The molecule has 0 radical (unpaired) electrons. The SMILES string of the molecule is CNCC1CCN(C(=O)c2cn[nH]c2-c2ccccc2Cl)CC1. The zero-order valence-corrected chi connectivity index (χ0v) is 13.9. The molecule has 0 saturated carbocycles. The maximum absolute atomic E-state index is 12.8. The van der Waals surface area contributed by atoms with Crippen LogP contribution < -0.4 is 5.32 Å². The second-order valence-corrected chi connectivity index (χ2v) is 6.34. The molecule has 0 unspecified atom stereocenters. The number of likely N-dealkylation sites (tertiary alicyclic amines) is 1. The van der Waals surface area contributed by atoms with Crippen molar-refractivity contribution < 1.29 is 4.79 Å². The van der Waals surface area contributed by atoms with Crippen LogP contribution in [0.15, 0.2) is 30.5 Å². The summed E-state index contributed by atoms with van der Waals surface area (Å²) in [6, 6.07) is 7.48. The predicted molar refractivity (Wildman–Crippen MR) is 91.6 cm³/mol. The standard InChI is InChI=1S/C17H21ClN4O/c1-19-10-12-6-8-22(9-7-12)17(23)14-11-20-21-16(14)13-4-2-3-5-15(13)18/h2-5,11-12,19H,6-10H2,1H3,(H,20,21). The third kappa shape index (κ3) is 3.41. The van der Waals surface area contributed by atoms with Crippen molar-refractivity contribution in [2.45, 2.75) is 12.8 Å². The molecule has 1 saturated heterocycles. The Kier molecular flexibility index (Phi) is 4.98. The Balaban J connectivity index is 1.77. The molecule has 6 heteroatoms. The van der Waals surface area contributed by atoms with Gasteiger partial charge < -0.3 is 10.2 Å². The van der Waals surface area contributed by atoms with Gasteiger partial charge in [0.25, 0.3) is 5.91 Å². The molecule has 23 heavy (non-hydrogen) atoms. The first-order valence-electron chi connectivity index (χ1n) is 7.93. The number of carbonyl (C=O) groups excluding carboxylic acids is 1. The van der Waals surface area contributed by atoms with E-state index in [0.717, 1.165) is 38.0 Å². The van der Waals surface area contributed by atoms with Crippen LogP contribution in [0, 0.1) is 5.92 Å². The van der Waals surface area contributed by atoms with Crippen LogP contribution in [-0.4, -0.2) is 47.7 Å². The summed E-state index contributed by atoms with van der Waals surface area (Å²) < 4.78 is 0. The number of aromatic amines is 1. The average Bonchev–Trinajstić information content (AvgIpc) is 3.05. The summed E-state index contributed by atoms with van der Waals surface area (Å²) in [5.74, 6) is 0.674. The molecule has 1 fully saturated rings. The third-order valence-corrected chi connectivity index (χ3v) is 4.74. The number of carbonyl (C=O) groups is 1. The maximum Gasteiger partial charge on any atom is 0.257 e. The highest BCUT2D eigenvalue weighted by Crippen LogP contribution is 2.29. The molecule has 0 atom stereocenters. The molecule has 0 spiro atoms. The van der Waals surface area contributed by atoms with Crippen LogP contribution >= 0.6 is 11.6 Å². The Morgan fingerprint density at radius 1 is 1.39 bits per heavy atom. The molecular weight excluding hydrogens is 312 g/mol. The van der Waals surface area contributed by atoms with Gasteiger partial charge in [-0.2, -0.15) is 5.10 Å². The number of hydrogen-bond donors (Lipinski definition) is 2. The largest absolute Gasteiger partial charge is 0.339 e. The van der Waals surface area contributed by atoms with Crippen molar-refractivity contribution in [3.8, 4) is 11.3 Å². The van der Waals surface area contributed by atoms with Gasteiger partial charge in [-0.25, -0.2) is 0 Å². The van der Waals surface area contributed by atoms with E-state index in [0.29, 0.717) is 22.2 Å². The predicted octanol–water partition coefficient (Wildman–Crippen LogP) is 2.80. The van der Waals surface area contributed by atoms with Gasteiger partial charge in [-0.05, 0) is 38.4 Å². The molecule has 2 N–H and O–H groups in total. The molecule has 1 aliphatic heterocycles. The van der Waals surface area contributed by atoms with E-state index in [1.54, 1.807) is 6.20 Å². The van der Waals surface area contributed by atoms with E-state index in [4.69, 9.17) is 11.6 Å². The fraction of sp³-hybridized carbons (Fsp3) is 0.412. The van der Waals surface area contributed by atoms with Gasteiger partial charge >= 0.3 is 0 Å². The van der Waals surface area contributed by atoms with Crippen LogP contribution in [0.25, 0.3) is 11.3 Å². The van der Waals surface area contributed by atoms with E-state index in [1.807, 2.05) is 36.2 Å². The Labute approximate surface area is 141 Å². The van der Waals surface area contributed by atoms with Gasteiger partial charge in [-0.1, -0.05) is 29.8 Å². The number of aromatic nitrogens is 2. The van der Waals surface area contributed by atoms with Crippen LogP contribution in [0.5, 0.6) is 0 Å². The molecule has 2 aromatic rings. The molecule has 5 nitrogen and oxygen atoms in total. The van der Waals surface area contributed by atoms with Gasteiger partial charge in [0.1, 0.15) is 0 Å². The number of benzene rings is 1. The molecule has 1 aromatic carbocycles. The highest BCUT2D eigenvalue weighted by molar-refractivity contribution is 6.33. The monoisotopic (exact) mass is 332 g/mol. The minimum atomic E-state index is 0.0246. The van der Waals surface area contributed by atoms with Crippen LogP contribution in [0.3, 0.4) is 0 Å². The average molecular weight is 333 g/mol. The van der Waals surface area contributed by atoms with E-state index >= 15 is 0 Å². The van der Waals surface area contributed by atoms with Crippen LogP contribution in [0.2, 0.25) is 5.02 Å². The summed E-state index contributed by atoms with van der Waals surface area (Å²) in [7, 11) is 1.97. The fourth-order valence-electron chi connectivity index (χ4n) is 3.12. The van der Waals surface area contributed by atoms with Gasteiger partial charge in [0.05, 0.1) is 17.5 Å². The molecule has 2 heterocycles. The summed E-state index contributed by atoms with van der Waals surface area (Å²) in [6.45, 7) is 2.59. The topological polar surface area (TPSA) is 61.0 Å². The van der Waals surface area contributed by atoms with E-state index in [1.165, 1.54) is 0 Å². The molecule has 122 valence electrons. The van der Waals surface area contributed by atoms with Crippen molar-refractivity contribution in [3.05, 3.63) is 41.0 Å². The van der Waals surface area contributed by atoms with Crippen molar-refractivity contribution in [1.29, 1.82) is 0 Å². The second kappa shape index (κ2) is 7.15. The molecule has 1 amide bonds. The number of rotatable bonds is 4. The molecule has 0 bridgehead atoms. The Morgan fingerprint density at radius 2 is 2.13 bits per heavy atom. The normalized spacial score (nSPS) is 15.8. The number of H-pyrrole nitrogens is 1. The van der Waals surface area contributed by atoms with Crippen molar-refractivity contribution in [3.63, 3.8) is 0 Å². The van der Waals surface area contributed by atoms with Crippen LogP contribution in [-0.2, 0) is 0 Å². The number of amides is 1. The fourth-order valence-corrected chi connectivity index (χ4v) is 3.35. The molecule has 1 aliphatic rings. The van der Waals surface area contributed by atoms with E-state index in [2.05, 4.69) is 15.5 Å². The number of nitrogens with one attached hydrogen (secondary N) is 2. The summed E-state index contributed by atoms with van der Waals surface area (Å²) in [5, 5.41) is 10.8. The molecule has 3 rings (SSSR count). The molecule has 1 aromatic heterocycles. The Morgan fingerprint density at radius 3 is 2.83 bits per heavy atom. The van der Waals surface area contributed by atoms with Gasteiger partial charge in [0, 0.05) is 23.7 Å². The second-order valence-electron chi connectivity index (χ2n) is 5.93. The van der Waals surface area contributed by atoms with E-state index in [9.17, 15) is 4.79 Å². The number of piperidine rings is 1. The summed E-state index contributed by atoms with van der Waals surface area (Å²) in [4.78, 5) is 14.8. The summed E-state index contributed by atoms with van der Waals surface area (Å²) in [5.41, 5.74) is 2.09. The first kappa shape index (κ1) is 16.0. The number of halogens is 1. The summed E-state index contributed by atoms with van der Waals surface area (Å²) >= 11 is 6.25. The van der Waals surface area contributed by atoms with Crippen molar-refractivity contribution >= 4 is 17.5 Å². The first-order chi connectivity index (χ1) is 11.2. The Hall–Kier alpha value is -1.85. The van der Waals surface area contributed by atoms with E-state index in [-0.39, 0.29) is 5.91 Å². The highest BCUT2D eigenvalue weighted by Gasteiger charge is 2.26. The number of hydrogen-bond acceptors (Lipinski definition) is 3. The van der Waals surface area contributed by atoms with Gasteiger partial charge in [-0.15, -0.1) is 0 Å². The molecule has 0 aliphatic carbocycles. The Bertz CT molecular complexity index is 677. The lowest BCUT2D eigenvalue weighted by molar-refractivity contribution is 0.0692. The van der Waals surface area contributed by atoms with Crippen LogP contribution in [0.4, 0.5) is 0 Å². The lowest BCUT2D eigenvalue weighted by atomic mass is 9.96. The zero-order chi connectivity index (χ0) is 16.2. The third-order valence-electron chi connectivity index (χ3n) is 4.41. The van der Waals surface area contributed by atoms with E-state index < -0.39 is 0 Å². The highest BCUT2D eigenvalue weighted by atomic mass is 35.5. The minimum absolute atomic E-state index is 0.0246. The van der Waals surface area contributed by atoms with Gasteiger partial charge in [-0.3, -0.25) is 9.89 Å².